The van der Waals surface area contributed by atoms with E-state index in [0.717, 1.165) is 28.8 Å². The number of para-hydroxylation sites is 1. The van der Waals surface area contributed by atoms with E-state index in [-0.39, 0.29) is 18.7 Å². The number of hydrogen-bond donors (Lipinski definition) is 0. The van der Waals surface area contributed by atoms with Crippen molar-refractivity contribution < 1.29 is 18.8 Å². The summed E-state index contributed by atoms with van der Waals surface area (Å²) >= 11 is 0. The van der Waals surface area contributed by atoms with Crippen molar-refractivity contribution in [2.45, 2.75) is 39.2 Å². The molecule has 3 aromatic rings. The van der Waals surface area contributed by atoms with Crippen LogP contribution in [0.15, 0.2) is 53.1 Å². The number of ether oxygens (including phenoxy) is 1. The highest BCUT2D eigenvalue weighted by Gasteiger charge is 2.29. The van der Waals surface area contributed by atoms with Crippen LogP contribution in [0.5, 0.6) is 0 Å². The van der Waals surface area contributed by atoms with Gasteiger partial charge in [0.15, 0.2) is 6.10 Å². The highest BCUT2D eigenvalue weighted by atomic mass is 16.5. The van der Waals surface area contributed by atoms with Gasteiger partial charge in [0.25, 0.3) is 5.91 Å². The van der Waals surface area contributed by atoms with E-state index in [1.54, 1.807) is 11.8 Å². The normalized spacial score (nSPS) is 13.7. The zero-order chi connectivity index (χ0) is 21.1. The molecule has 1 unspecified atom stereocenters. The third kappa shape index (κ3) is 4.25. The monoisotopic (exact) mass is 405 g/mol. The number of carbonyl (C=O) groups is 2. The first-order chi connectivity index (χ1) is 14.5. The minimum atomic E-state index is -0.852. The minimum absolute atomic E-state index is 0.0593. The van der Waals surface area contributed by atoms with Gasteiger partial charge in [-0.1, -0.05) is 53.2 Å². The van der Waals surface area contributed by atoms with E-state index >= 15 is 0 Å². The smallest absolute Gasteiger partial charge is 0.307 e. The van der Waals surface area contributed by atoms with E-state index in [9.17, 15) is 9.59 Å². The molecule has 2 aromatic carbocycles. The zero-order valence-corrected chi connectivity index (χ0v) is 17.0. The number of amides is 1. The average Bonchev–Trinajstić information content (AvgIpc) is 3.39. The van der Waals surface area contributed by atoms with Gasteiger partial charge in [0, 0.05) is 24.2 Å². The minimum Gasteiger partial charge on any atom is -0.453 e. The van der Waals surface area contributed by atoms with E-state index in [1.165, 1.54) is 0 Å². The number of rotatable bonds is 6. The van der Waals surface area contributed by atoms with Crippen molar-refractivity contribution in [3.63, 3.8) is 0 Å². The molecule has 0 fully saturated rings. The Kier molecular flexibility index (Phi) is 5.61. The number of benzene rings is 2. The van der Waals surface area contributed by atoms with Crippen molar-refractivity contribution in [3.05, 3.63) is 65.5 Å². The second-order valence-electron chi connectivity index (χ2n) is 7.38. The molecule has 0 radical (unpaired) electrons. The van der Waals surface area contributed by atoms with Gasteiger partial charge in [-0.3, -0.25) is 9.59 Å². The van der Waals surface area contributed by atoms with Crippen molar-refractivity contribution in [2.75, 3.05) is 11.4 Å². The Balaban J connectivity index is 1.30. The number of aromatic nitrogens is 2. The standard InChI is InChI=1S/C23H23N3O4/c1-15-7-9-18(10-8-15)22-24-20(30-25-22)11-12-21(27)29-16(2)23(28)26-14-13-17-5-3-4-6-19(17)26/h3-10,16H,11-14H2,1-2H3. The molecular formula is C23H23N3O4. The summed E-state index contributed by atoms with van der Waals surface area (Å²) in [6.45, 7) is 4.21. The molecule has 0 N–H and O–H groups in total. The predicted molar refractivity (Wildman–Crippen MR) is 111 cm³/mol. The third-order valence-electron chi connectivity index (χ3n) is 5.13. The maximum Gasteiger partial charge on any atom is 0.307 e. The van der Waals surface area contributed by atoms with E-state index < -0.39 is 12.1 Å². The van der Waals surface area contributed by atoms with Crippen LogP contribution in [0.25, 0.3) is 11.4 Å². The van der Waals surface area contributed by atoms with E-state index in [1.807, 2.05) is 55.5 Å². The number of anilines is 1. The molecule has 1 amide bonds. The van der Waals surface area contributed by atoms with Gasteiger partial charge in [0.05, 0.1) is 6.42 Å². The van der Waals surface area contributed by atoms with Gasteiger partial charge >= 0.3 is 5.97 Å². The first-order valence-electron chi connectivity index (χ1n) is 9.99. The van der Waals surface area contributed by atoms with E-state index in [2.05, 4.69) is 10.1 Å². The van der Waals surface area contributed by atoms with Gasteiger partial charge < -0.3 is 14.2 Å². The molecule has 7 nitrogen and oxygen atoms in total. The Labute approximate surface area is 174 Å². The SMILES string of the molecule is Cc1ccc(-c2noc(CCC(=O)OC(C)C(=O)N3CCc4ccccc43)n2)cc1. The molecule has 0 spiro atoms. The molecule has 1 aromatic heterocycles. The Morgan fingerprint density at radius 1 is 1.17 bits per heavy atom. The quantitative estimate of drug-likeness (QED) is 0.584. The zero-order valence-electron chi connectivity index (χ0n) is 17.0. The first-order valence-corrected chi connectivity index (χ1v) is 9.99. The van der Waals surface area contributed by atoms with Crippen molar-refractivity contribution in [1.82, 2.24) is 10.1 Å². The van der Waals surface area contributed by atoms with Crippen molar-refractivity contribution >= 4 is 17.6 Å². The van der Waals surface area contributed by atoms with Gasteiger partial charge in [-0.15, -0.1) is 0 Å². The van der Waals surface area contributed by atoms with Gasteiger partial charge in [-0.25, -0.2) is 0 Å². The molecular weight excluding hydrogens is 382 g/mol. The average molecular weight is 405 g/mol. The fraction of sp³-hybridized carbons (Fsp3) is 0.304. The lowest BCUT2D eigenvalue weighted by atomic mass is 10.1. The fourth-order valence-electron chi connectivity index (χ4n) is 3.48. The Morgan fingerprint density at radius 3 is 2.73 bits per heavy atom. The van der Waals surface area contributed by atoms with E-state index in [4.69, 9.17) is 9.26 Å². The summed E-state index contributed by atoms with van der Waals surface area (Å²) in [6.07, 6.45) is 0.271. The van der Waals surface area contributed by atoms with Crippen LogP contribution in [0.2, 0.25) is 0 Å². The number of hydrogen-bond acceptors (Lipinski definition) is 6. The van der Waals surface area contributed by atoms with Crippen molar-refractivity contribution in [1.29, 1.82) is 0 Å². The molecule has 0 bridgehead atoms. The van der Waals surface area contributed by atoms with Gasteiger partial charge in [-0.2, -0.15) is 4.98 Å². The number of carbonyl (C=O) groups excluding carboxylic acids is 2. The van der Waals surface area contributed by atoms with Crippen LogP contribution in [0.1, 0.15) is 30.4 Å². The molecule has 2 heterocycles. The lowest BCUT2D eigenvalue weighted by Crippen LogP contribution is -2.39. The summed E-state index contributed by atoms with van der Waals surface area (Å²) in [5.74, 6) is 0.149. The topological polar surface area (TPSA) is 85.5 Å². The molecule has 1 aliphatic heterocycles. The highest BCUT2D eigenvalue weighted by molar-refractivity contribution is 5.99. The summed E-state index contributed by atoms with van der Waals surface area (Å²) in [5, 5.41) is 3.96. The lowest BCUT2D eigenvalue weighted by Gasteiger charge is -2.21. The summed E-state index contributed by atoms with van der Waals surface area (Å²) in [7, 11) is 0. The Bertz CT molecular complexity index is 1060. The summed E-state index contributed by atoms with van der Waals surface area (Å²) in [4.78, 5) is 30.9. The van der Waals surface area contributed by atoms with Crippen LogP contribution >= 0.6 is 0 Å². The Morgan fingerprint density at radius 2 is 1.93 bits per heavy atom. The first kappa shape index (κ1) is 19.8. The molecule has 154 valence electrons. The highest BCUT2D eigenvalue weighted by Crippen LogP contribution is 2.28. The van der Waals surface area contributed by atoms with Crippen LogP contribution < -0.4 is 4.90 Å². The number of fused-ring (bicyclic) bond motifs is 1. The second kappa shape index (κ2) is 8.49. The van der Waals surface area contributed by atoms with Crippen LogP contribution in [-0.4, -0.2) is 34.7 Å². The molecule has 7 heteroatoms. The predicted octanol–water partition coefficient (Wildman–Crippen LogP) is 3.50. The third-order valence-corrected chi connectivity index (χ3v) is 5.13. The molecule has 1 atom stereocenters. The van der Waals surface area contributed by atoms with Gasteiger partial charge in [0.1, 0.15) is 0 Å². The van der Waals surface area contributed by atoms with Gasteiger partial charge in [0.2, 0.25) is 11.7 Å². The molecule has 1 aliphatic rings. The molecule has 4 rings (SSSR count). The van der Waals surface area contributed by atoms with Crippen LogP contribution in [0.3, 0.4) is 0 Å². The van der Waals surface area contributed by atoms with Crippen molar-refractivity contribution in [2.24, 2.45) is 0 Å². The molecule has 30 heavy (non-hydrogen) atoms. The Hall–Kier alpha value is -3.48. The van der Waals surface area contributed by atoms with Crippen LogP contribution in [0.4, 0.5) is 5.69 Å². The van der Waals surface area contributed by atoms with Crippen LogP contribution in [0, 0.1) is 6.92 Å². The largest absolute Gasteiger partial charge is 0.453 e. The summed E-state index contributed by atoms with van der Waals surface area (Å²) in [6, 6.07) is 15.6. The number of aryl methyl sites for hydroxylation is 2. The number of esters is 1. The molecule has 0 saturated carbocycles. The fourth-order valence-corrected chi connectivity index (χ4v) is 3.48. The number of nitrogens with zero attached hydrogens (tertiary/aromatic N) is 3. The van der Waals surface area contributed by atoms with Crippen LogP contribution in [-0.2, 0) is 27.2 Å². The van der Waals surface area contributed by atoms with Gasteiger partial charge in [-0.05, 0) is 31.9 Å². The lowest BCUT2D eigenvalue weighted by molar-refractivity contribution is -0.153. The van der Waals surface area contributed by atoms with E-state index in [0.29, 0.717) is 18.3 Å². The summed E-state index contributed by atoms with van der Waals surface area (Å²) in [5.41, 5.74) is 4.01. The molecule has 0 saturated heterocycles. The van der Waals surface area contributed by atoms with Crippen molar-refractivity contribution in [3.8, 4) is 11.4 Å². The summed E-state index contributed by atoms with van der Waals surface area (Å²) < 4.78 is 10.6. The second-order valence-corrected chi connectivity index (χ2v) is 7.38. The maximum absolute atomic E-state index is 12.7. The molecule has 0 aliphatic carbocycles. The maximum atomic E-state index is 12.7.